The second kappa shape index (κ2) is 11.9. The molecular weight excluding hydrogens is 476 g/mol. The van der Waals surface area contributed by atoms with E-state index in [1.165, 1.54) is 12.3 Å². The maximum Gasteiger partial charge on any atom is 0.253 e. The van der Waals surface area contributed by atoms with E-state index in [-0.39, 0.29) is 24.4 Å². The zero-order valence-corrected chi connectivity index (χ0v) is 20.1. The number of benzene rings is 3. The first-order valence-corrected chi connectivity index (χ1v) is 11.6. The molecule has 37 heavy (non-hydrogen) atoms. The number of carbonyl (C=O) groups is 2. The molecule has 0 fully saturated rings. The van der Waals surface area contributed by atoms with Gasteiger partial charge < -0.3 is 15.4 Å². The summed E-state index contributed by atoms with van der Waals surface area (Å²) in [5.41, 5.74) is 3.71. The first-order chi connectivity index (χ1) is 17.9. The number of nitrogens with one attached hydrogen (secondary N) is 2. The third-order valence-corrected chi connectivity index (χ3v) is 5.78. The molecule has 0 saturated carbocycles. The van der Waals surface area contributed by atoms with Crippen LogP contribution in [0.4, 0.5) is 8.78 Å². The van der Waals surface area contributed by atoms with E-state index in [4.69, 9.17) is 4.74 Å². The fraction of sp³-hybridized carbons (Fsp3) is 0.138. The van der Waals surface area contributed by atoms with E-state index in [2.05, 4.69) is 15.6 Å². The highest BCUT2D eigenvalue weighted by Gasteiger charge is 2.13. The van der Waals surface area contributed by atoms with E-state index in [9.17, 15) is 18.4 Å². The zero-order chi connectivity index (χ0) is 26.2. The van der Waals surface area contributed by atoms with Gasteiger partial charge >= 0.3 is 0 Å². The Bertz CT molecular complexity index is 1410. The van der Waals surface area contributed by atoms with Crippen molar-refractivity contribution in [3.8, 4) is 16.9 Å². The number of hydrogen-bond acceptors (Lipinski definition) is 4. The van der Waals surface area contributed by atoms with Gasteiger partial charge in [0.25, 0.3) is 5.91 Å². The van der Waals surface area contributed by atoms with Crippen LogP contribution in [-0.4, -0.2) is 23.9 Å². The van der Waals surface area contributed by atoms with Crippen LogP contribution in [0.5, 0.6) is 5.75 Å². The summed E-state index contributed by atoms with van der Waals surface area (Å²) in [5.74, 6) is -1.25. The zero-order valence-electron chi connectivity index (χ0n) is 20.1. The molecule has 0 bridgehead atoms. The standard InChI is InChI=1S/C29H25F2N3O3/c1-37-25-10-6-19(7-11-25)12-28(35)33-17-20-4-2-3-5-26(20)22-13-23(16-32-15-22)29(36)34-18-21-8-9-24(30)14-27(21)31/h2-11,13-16H,12,17-18H2,1H3,(H,33,35)(H,34,36). The Morgan fingerprint density at radius 1 is 0.865 bits per heavy atom. The molecular formula is C29H25F2N3O3. The smallest absolute Gasteiger partial charge is 0.253 e. The maximum absolute atomic E-state index is 13.9. The summed E-state index contributed by atoms with van der Waals surface area (Å²) in [7, 11) is 1.59. The van der Waals surface area contributed by atoms with Gasteiger partial charge in [-0.25, -0.2) is 8.78 Å². The summed E-state index contributed by atoms with van der Waals surface area (Å²) in [6.45, 7) is 0.206. The van der Waals surface area contributed by atoms with Gasteiger partial charge in [0.1, 0.15) is 17.4 Å². The third-order valence-electron chi connectivity index (χ3n) is 5.78. The Labute approximate surface area is 213 Å². The van der Waals surface area contributed by atoms with Crippen molar-refractivity contribution in [2.45, 2.75) is 19.5 Å². The maximum atomic E-state index is 13.9. The molecule has 4 aromatic rings. The van der Waals surface area contributed by atoms with Crippen LogP contribution in [0.1, 0.15) is 27.0 Å². The Morgan fingerprint density at radius 2 is 1.62 bits per heavy atom. The minimum atomic E-state index is -0.727. The van der Waals surface area contributed by atoms with Gasteiger partial charge in [-0.15, -0.1) is 0 Å². The molecule has 8 heteroatoms. The lowest BCUT2D eigenvalue weighted by Crippen LogP contribution is -2.25. The van der Waals surface area contributed by atoms with Gasteiger partial charge in [-0.05, 0) is 41.0 Å². The number of amides is 2. The van der Waals surface area contributed by atoms with Crippen LogP contribution < -0.4 is 15.4 Å². The molecule has 0 aliphatic rings. The summed E-state index contributed by atoms with van der Waals surface area (Å²) in [6, 6.07) is 19.7. The molecule has 188 valence electrons. The van der Waals surface area contributed by atoms with Crippen LogP contribution in [0.25, 0.3) is 11.1 Å². The minimum absolute atomic E-state index is 0.0913. The number of halogens is 2. The largest absolute Gasteiger partial charge is 0.497 e. The first-order valence-electron chi connectivity index (χ1n) is 11.6. The lowest BCUT2D eigenvalue weighted by Gasteiger charge is -2.12. The number of pyridine rings is 1. The Balaban J connectivity index is 1.42. The second-order valence-electron chi connectivity index (χ2n) is 8.34. The van der Waals surface area contributed by atoms with Crippen LogP contribution in [0.3, 0.4) is 0 Å². The molecule has 0 saturated heterocycles. The van der Waals surface area contributed by atoms with Crippen LogP contribution in [0, 0.1) is 11.6 Å². The average molecular weight is 502 g/mol. The summed E-state index contributed by atoms with van der Waals surface area (Å²) in [6.07, 6.45) is 3.28. The fourth-order valence-corrected chi connectivity index (χ4v) is 3.80. The Morgan fingerprint density at radius 3 is 2.38 bits per heavy atom. The van der Waals surface area contributed by atoms with Crippen molar-refractivity contribution >= 4 is 11.8 Å². The number of rotatable bonds is 9. The summed E-state index contributed by atoms with van der Waals surface area (Å²) in [5, 5.41) is 5.57. The van der Waals surface area contributed by atoms with Gasteiger partial charge in [-0.2, -0.15) is 0 Å². The predicted molar refractivity (Wildman–Crippen MR) is 136 cm³/mol. The van der Waals surface area contributed by atoms with Crippen LogP contribution in [-0.2, 0) is 24.3 Å². The fourth-order valence-electron chi connectivity index (χ4n) is 3.80. The highest BCUT2D eigenvalue weighted by atomic mass is 19.1. The van der Waals surface area contributed by atoms with E-state index < -0.39 is 17.5 Å². The molecule has 1 heterocycles. The van der Waals surface area contributed by atoms with Gasteiger partial charge in [0.15, 0.2) is 0 Å². The van der Waals surface area contributed by atoms with Crippen molar-refractivity contribution in [1.29, 1.82) is 0 Å². The summed E-state index contributed by atoms with van der Waals surface area (Å²) < 4.78 is 32.1. The molecule has 3 aromatic carbocycles. The van der Waals surface area contributed by atoms with E-state index in [1.54, 1.807) is 19.4 Å². The highest BCUT2D eigenvalue weighted by molar-refractivity contribution is 5.95. The van der Waals surface area contributed by atoms with E-state index >= 15 is 0 Å². The molecule has 1 aromatic heterocycles. The summed E-state index contributed by atoms with van der Waals surface area (Å²) in [4.78, 5) is 29.4. The first kappa shape index (κ1) is 25.5. The van der Waals surface area contributed by atoms with Crippen LogP contribution >= 0.6 is 0 Å². The number of hydrogen-bond donors (Lipinski definition) is 2. The molecule has 0 spiro atoms. The monoisotopic (exact) mass is 501 g/mol. The van der Waals surface area contributed by atoms with Crippen LogP contribution in [0.15, 0.2) is 85.2 Å². The molecule has 4 rings (SSSR count). The van der Waals surface area contributed by atoms with Crippen molar-refractivity contribution < 1.29 is 23.1 Å². The Hall–Kier alpha value is -4.59. The SMILES string of the molecule is COc1ccc(CC(=O)NCc2ccccc2-c2cncc(C(=O)NCc3ccc(F)cc3F)c2)cc1. The molecule has 2 amide bonds. The molecule has 2 N–H and O–H groups in total. The van der Waals surface area contributed by atoms with Gasteiger partial charge in [-0.3, -0.25) is 14.6 Å². The van der Waals surface area contributed by atoms with Crippen molar-refractivity contribution in [3.63, 3.8) is 0 Å². The van der Waals surface area contributed by atoms with Crippen molar-refractivity contribution in [1.82, 2.24) is 15.6 Å². The van der Waals surface area contributed by atoms with Crippen molar-refractivity contribution in [3.05, 3.63) is 119 Å². The van der Waals surface area contributed by atoms with Gasteiger partial charge in [0, 0.05) is 42.7 Å². The molecule has 0 atom stereocenters. The minimum Gasteiger partial charge on any atom is -0.497 e. The van der Waals surface area contributed by atoms with Gasteiger partial charge in [0.05, 0.1) is 19.1 Å². The number of methoxy groups -OCH3 is 1. The quantitative estimate of drug-likeness (QED) is 0.345. The second-order valence-corrected chi connectivity index (χ2v) is 8.34. The predicted octanol–water partition coefficient (Wildman–Crippen LogP) is 4.82. The molecule has 6 nitrogen and oxygen atoms in total. The molecule has 0 unspecified atom stereocenters. The number of carbonyl (C=O) groups excluding carboxylic acids is 2. The lowest BCUT2D eigenvalue weighted by molar-refractivity contribution is -0.120. The van der Waals surface area contributed by atoms with E-state index in [0.717, 1.165) is 34.6 Å². The van der Waals surface area contributed by atoms with E-state index in [0.29, 0.717) is 17.7 Å². The molecule has 0 radical (unpaired) electrons. The number of nitrogens with zero attached hydrogens (tertiary/aromatic N) is 1. The topological polar surface area (TPSA) is 80.3 Å². The third kappa shape index (κ3) is 6.76. The lowest BCUT2D eigenvalue weighted by atomic mass is 9.99. The van der Waals surface area contributed by atoms with Crippen LogP contribution in [0.2, 0.25) is 0 Å². The van der Waals surface area contributed by atoms with E-state index in [1.807, 2.05) is 48.5 Å². The molecule has 0 aliphatic heterocycles. The van der Waals surface area contributed by atoms with Gasteiger partial charge in [0.2, 0.25) is 5.91 Å². The highest BCUT2D eigenvalue weighted by Crippen LogP contribution is 2.24. The summed E-state index contributed by atoms with van der Waals surface area (Å²) >= 11 is 0. The van der Waals surface area contributed by atoms with Gasteiger partial charge in [-0.1, -0.05) is 42.5 Å². The average Bonchev–Trinajstić information content (AvgIpc) is 2.92. The van der Waals surface area contributed by atoms with Crippen molar-refractivity contribution in [2.24, 2.45) is 0 Å². The number of aromatic nitrogens is 1. The van der Waals surface area contributed by atoms with Crippen molar-refractivity contribution in [2.75, 3.05) is 7.11 Å². The number of ether oxygens (including phenoxy) is 1. The molecule has 0 aliphatic carbocycles. The Kier molecular flexibility index (Phi) is 8.20. The normalized spacial score (nSPS) is 10.6.